The van der Waals surface area contributed by atoms with Crippen LogP contribution in [0.15, 0.2) is 23.6 Å². The second-order valence-electron chi connectivity index (χ2n) is 9.03. The maximum atomic E-state index is 13.4. The van der Waals surface area contributed by atoms with Gasteiger partial charge < -0.3 is 14.6 Å². The molecule has 2 N–H and O–H groups in total. The second kappa shape index (κ2) is 10.9. The molecule has 2 aromatic rings. The monoisotopic (exact) mass is 521 g/mol. The quantitative estimate of drug-likeness (QED) is 0.512. The summed E-state index contributed by atoms with van der Waals surface area (Å²) in [6, 6.07) is 4.56. The molecule has 1 aromatic carbocycles. The number of carbonyl (C=O) groups is 3. The Labute approximate surface area is 211 Å². The Hall–Kier alpha value is -2.80. The van der Waals surface area contributed by atoms with Crippen molar-refractivity contribution in [2.45, 2.75) is 46.1 Å². The Morgan fingerprint density at radius 3 is 2.60 bits per heavy atom. The minimum absolute atomic E-state index is 0.158. The van der Waals surface area contributed by atoms with E-state index in [1.54, 1.807) is 30.5 Å². The minimum Gasteiger partial charge on any atom is -0.760 e. The standard InChI is InChI=1S/C23H30N4O6S2/c1-6-26(35(31)32)12-14-9-19(34-13-14)25-21(29)16-10-15(27-8-7-18(28)24-22(27)30)11-17(20(16)33-5)23(2,3)4/h9-11,13H,6-8,12H2,1-5H3,(H,25,29)(H,31,32)(H,24,28,30)/p-1. The molecule has 1 aromatic heterocycles. The number of methoxy groups -OCH3 is 1. The van der Waals surface area contributed by atoms with Gasteiger partial charge in [-0.25, -0.2) is 9.10 Å². The minimum atomic E-state index is -2.34. The van der Waals surface area contributed by atoms with Crippen molar-refractivity contribution in [1.82, 2.24) is 9.62 Å². The molecule has 0 aliphatic carbocycles. The van der Waals surface area contributed by atoms with Crippen LogP contribution >= 0.6 is 11.3 Å². The van der Waals surface area contributed by atoms with Gasteiger partial charge in [0.25, 0.3) is 5.91 Å². The number of rotatable bonds is 8. The van der Waals surface area contributed by atoms with Crippen molar-refractivity contribution in [3.63, 3.8) is 0 Å². The lowest BCUT2D eigenvalue weighted by Crippen LogP contribution is -2.49. The maximum absolute atomic E-state index is 13.4. The number of nitrogens with zero attached hydrogens (tertiary/aromatic N) is 2. The SMILES string of the molecule is CCN(Cc1csc(NC(=O)c2cc(N3CCC(=O)NC3=O)cc(C(C)(C)C)c2OC)c1)S(=O)[O-]. The number of ether oxygens (including phenoxy) is 1. The Kier molecular flexibility index (Phi) is 8.31. The van der Waals surface area contributed by atoms with Crippen molar-refractivity contribution in [2.75, 3.05) is 30.4 Å². The van der Waals surface area contributed by atoms with E-state index in [0.717, 1.165) is 11.1 Å². The fourth-order valence-corrected chi connectivity index (χ4v) is 4.96. The van der Waals surface area contributed by atoms with Crippen LogP contribution < -0.4 is 20.3 Å². The van der Waals surface area contributed by atoms with Crippen LogP contribution in [-0.4, -0.2) is 51.1 Å². The van der Waals surface area contributed by atoms with E-state index < -0.39 is 28.6 Å². The zero-order valence-corrected chi connectivity index (χ0v) is 21.9. The fraction of sp³-hybridized carbons (Fsp3) is 0.435. The summed E-state index contributed by atoms with van der Waals surface area (Å²) in [5.41, 5.74) is 1.80. The normalized spacial score (nSPS) is 15.2. The maximum Gasteiger partial charge on any atom is 0.328 e. The molecule has 0 spiro atoms. The van der Waals surface area contributed by atoms with Crippen molar-refractivity contribution in [1.29, 1.82) is 0 Å². The zero-order valence-electron chi connectivity index (χ0n) is 20.3. The molecule has 3 rings (SSSR count). The number of urea groups is 1. The van der Waals surface area contributed by atoms with Gasteiger partial charge in [-0.1, -0.05) is 27.7 Å². The van der Waals surface area contributed by atoms with Crippen molar-refractivity contribution in [2.24, 2.45) is 0 Å². The van der Waals surface area contributed by atoms with Crippen molar-refractivity contribution in [3.8, 4) is 5.75 Å². The van der Waals surface area contributed by atoms with Crippen LogP contribution in [0.1, 0.15) is 55.6 Å². The number of hydrogen-bond donors (Lipinski definition) is 2. The lowest BCUT2D eigenvalue weighted by molar-refractivity contribution is -0.120. The molecule has 10 nitrogen and oxygen atoms in total. The van der Waals surface area contributed by atoms with E-state index in [1.807, 2.05) is 20.8 Å². The smallest absolute Gasteiger partial charge is 0.328 e. The predicted molar refractivity (Wildman–Crippen MR) is 134 cm³/mol. The van der Waals surface area contributed by atoms with E-state index in [4.69, 9.17) is 4.74 Å². The molecule has 0 radical (unpaired) electrons. The van der Waals surface area contributed by atoms with Crippen LogP contribution in [0, 0.1) is 0 Å². The molecule has 0 bridgehead atoms. The highest BCUT2D eigenvalue weighted by Crippen LogP contribution is 2.38. The lowest BCUT2D eigenvalue weighted by Gasteiger charge is -2.30. The van der Waals surface area contributed by atoms with Gasteiger partial charge >= 0.3 is 6.03 Å². The molecular formula is C23H29N4O6S2-. The van der Waals surface area contributed by atoms with Gasteiger partial charge in [0.15, 0.2) is 0 Å². The van der Waals surface area contributed by atoms with E-state index in [-0.39, 0.29) is 31.0 Å². The third-order valence-corrected chi connectivity index (χ3v) is 7.21. The van der Waals surface area contributed by atoms with Gasteiger partial charge in [0.1, 0.15) is 5.75 Å². The third-order valence-electron chi connectivity index (χ3n) is 5.51. The molecule has 4 amide bonds. The summed E-state index contributed by atoms with van der Waals surface area (Å²) in [4.78, 5) is 38.9. The van der Waals surface area contributed by atoms with Crippen LogP contribution in [-0.2, 0) is 28.0 Å². The summed E-state index contributed by atoms with van der Waals surface area (Å²) in [6.07, 6.45) is 0.158. The number of imide groups is 1. The van der Waals surface area contributed by atoms with Crippen LogP contribution in [0.2, 0.25) is 0 Å². The Morgan fingerprint density at radius 1 is 1.31 bits per heavy atom. The van der Waals surface area contributed by atoms with Gasteiger partial charge in [-0.05, 0) is 34.6 Å². The van der Waals surface area contributed by atoms with E-state index in [0.29, 0.717) is 23.0 Å². The van der Waals surface area contributed by atoms with Crippen LogP contribution in [0.3, 0.4) is 0 Å². The molecule has 190 valence electrons. The topological polar surface area (TPSA) is 131 Å². The van der Waals surface area contributed by atoms with E-state index in [1.165, 1.54) is 27.7 Å². The van der Waals surface area contributed by atoms with Crippen LogP contribution in [0.4, 0.5) is 15.5 Å². The molecule has 1 atom stereocenters. The average molecular weight is 522 g/mol. The van der Waals surface area contributed by atoms with Crippen molar-refractivity contribution >= 4 is 51.1 Å². The number of amides is 4. The van der Waals surface area contributed by atoms with Crippen LogP contribution in [0.5, 0.6) is 5.75 Å². The summed E-state index contributed by atoms with van der Waals surface area (Å²) in [6.45, 7) is 8.40. The van der Waals surface area contributed by atoms with E-state index in [9.17, 15) is 23.1 Å². The summed E-state index contributed by atoms with van der Waals surface area (Å²) in [5, 5.41) is 7.49. The van der Waals surface area contributed by atoms with E-state index in [2.05, 4.69) is 10.6 Å². The Balaban J connectivity index is 1.95. The van der Waals surface area contributed by atoms with Crippen LogP contribution in [0.25, 0.3) is 0 Å². The molecule has 2 heterocycles. The first-order valence-corrected chi connectivity index (χ1v) is 12.9. The number of carbonyl (C=O) groups excluding carboxylic acids is 3. The largest absolute Gasteiger partial charge is 0.760 e. The van der Waals surface area contributed by atoms with Gasteiger partial charge in [0.05, 0.1) is 17.7 Å². The summed E-state index contributed by atoms with van der Waals surface area (Å²) >= 11 is -1.06. The molecule has 1 unspecified atom stereocenters. The molecular weight excluding hydrogens is 492 g/mol. The van der Waals surface area contributed by atoms with Crippen molar-refractivity contribution in [3.05, 3.63) is 40.3 Å². The number of thiophene rings is 1. The molecule has 1 aliphatic heterocycles. The summed E-state index contributed by atoms with van der Waals surface area (Å²) < 4.78 is 29.5. The first-order valence-electron chi connectivity index (χ1n) is 11.0. The van der Waals surface area contributed by atoms with E-state index >= 15 is 0 Å². The van der Waals surface area contributed by atoms with Crippen molar-refractivity contribution < 1.29 is 27.9 Å². The highest BCUT2D eigenvalue weighted by molar-refractivity contribution is 7.76. The number of benzene rings is 1. The first-order chi connectivity index (χ1) is 16.4. The second-order valence-corrected chi connectivity index (χ2v) is 10.9. The first kappa shape index (κ1) is 26.8. The number of anilines is 2. The lowest BCUT2D eigenvalue weighted by atomic mass is 9.84. The number of nitrogens with one attached hydrogen (secondary N) is 2. The summed E-state index contributed by atoms with van der Waals surface area (Å²) in [7, 11) is 1.49. The highest BCUT2D eigenvalue weighted by atomic mass is 32.2. The van der Waals surface area contributed by atoms with Gasteiger partial charge in [0.2, 0.25) is 5.91 Å². The van der Waals surface area contributed by atoms with Gasteiger partial charge in [-0.3, -0.25) is 24.0 Å². The third kappa shape index (κ3) is 6.26. The number of hydrogen-bond acceptors (Lipinski definition) is 7. The predicted octanol–water partition coefficient (Wildman–Crippen LogP) is 3.37. The molecule has 0 saturated carbocycles. The highest BCUT2D eigenvalue weighted by Gasteiger charge is 2.30. The Morgan fingerprint density at radius 2 is 2.03 bits per heavy atom. The van der Waals surface area contributed by atoms with Gasteiger partial charge in [-0.2, -0.15) is 0 Å². The zero-order chi connectivity index (χ0) is 25.9. The van der Waals surface area contributed by atoms with Gasteiger partial charge in [-0.15, -0.1) is 11.3 Å². The Bertz CT molecular complexity index is 1160. The average Bonchev–Trinajstić information content (AvgIpc) is 3.22. The molecule has 12 heteroatoms. The molecule has 1 aliphatic rings. The molecule has 35 heavy (non-hydrogen) atoms. The van der Waals surface area contributed by atoms with Gasteiger partial charge in [0, 0.05) is 48.6 Å². The fourth-order valence-electron chi connectivity index (χ4n) is 3.70. The summed E-state index contributed by atoms with van der Waals surface area (Å²) in [5.74, 6) is -0.386. The molecule has 1 saturated heterocycles. The molecule has 1 fully saturated rings.